The molecular formula is C14H19NO2. The monoisotopic (exact) mass is 233 g/mol. The summed E-state index contributed by atoms with van der Waals surface area (Å²) in [6.07, 6.45) is 3.02. The number of aliphatic hydroxyl groups excluding tert-OH is 1. The Morgan fingerprint density at radius 1 is 1.35 bits per heavy atom. The van der Waals surface area contributed by atoms with Crippen molar-refractivity contribution in [2.45, 2.75) is 26.2 Å². The first kappa shape index (κ1) is 12.1. The zero-order chi connectivity index (χ0) is 12.3. The van der Waals surface area contributed by atoms with Crippen molar-refractivity contribution in [1.29, 1.82) is 0 Å². The molecule has 0 aliphatic heterocycles. The van der Waals surface area contributed by atoms with Crippen LogP contribution in [0.2, 0.25) is 0 Å². The summed E-state index contributed by atoms with van der Waals surface area (Å²) < 4.78 is 0. The van der Waals surface area contributed by atoms with E-state index >= 15 is 0 Å². The smallest absolute Gasteiger partial charge is 0.251 e. The van der Waals surface area contributed by atoms with Crippen LogP contribution in [0.3, 0.4) is 0 Å². The molecule has 0 unspecified atom stereocenters. The minimum atomic E-state index is -0.0192. The molecule has 0 radical (unpaired) electrons. The molecule has 1 aliphatic rings. The molecule has 0 saturated heterocycles. The Morgan fingerprint density at radius 2 is 2.00 bits per heavy atom. The lowest BCUT2D eigenvalue weighted by atomic mass is 10.0. The van der Waals surface area contributed by atoms with Crippen molar-refractivity contribution in [3.8, 4) is 0 Å². The van der Waals surface area contributed by atoms with Gasteiger partial charge in [0.15, 0.2) is 0 Å². The highest BCUT2D eigenvalue weighted by atomic mass is 16.3. The van der Waals surface area contributed by atoms with Crippen LogP contribution in [0.4, 0.5) is 0 Å². The predicted octanol–water partition coefficient (Wildman–Crippen LogP) is 1.89. The number of nitrogens with one attached hydrogen (secondary N) is 1. The number of hydrogen-bond acceptors (Lipinski definition) is 2. The minimum Gasteiger partial charge on any atom is -0.396 e. The SMILES string of the molecule is Cc1ccc(C(=O)NCC2(CCO)CC2)cc1. The zero-order valence-corrected chi connectivity index (χ0v) is 10.2. The molecule has 0 heterocycles. The fourth-order valence-corrected chi connectivity index (χ4v) is 2.00. The summed E-state index contributed by atoms with van der Waals surface area (Å²) in [5.74, 6) is -0.0192. The van der Waals surface area contributed by atoms with Gasteiger partial charge in [-0.05, 0) is 43.7 Å². The van der Waals surface area contributed by atoms with Gasteiger partial charge in [-0.2, -0.15) is 0 Å². The molecule has 1 aliphatic carbocycles. The van der Waals surface area contributed by atoms with E-state index in [2.05, 4.69) is 5.32 Å². The highest BCUT2D eigenvalue weighted by Gasteiger charge is 2.41. The molecule has 2 N–H and O–H groups in total. The first-order valence-electron chi connectivity index (χ1n) is 6.11. The second-order valence-electron chi connectivity index (χ2n) is 5.02. The number of aliphatic hydroxyl groups is 1. The molecule has 3 heteroatoms. The van der Waals surface area contributed by atoms with E-state index in [4.69, 9.17) is 5.11 Å². The highest BCUT2D eigenvalue weighted by Crippen LogP contribution is 2.47. The Balaban J connectivity index is 1.87. The minimum absolute atomic E-state index is 0.0192. The maximum absolute atomic E-state index is 11.9. The van der Waals surface area contributed by atoms with Crippen LogP contribution in [-0.4, -0.2) is 24.2 Å². The van der Waals surface area contributed by atoms with Crippen LogP contribution >= 0.6 is 0 Å². The third-order valence-corrected chi connectivity index (χ3v) is 3.54. The first-order valence-corrected chi connectivity index (χ1v) is 6.11. The number of rotatable bonds is 5. The lowest BCUT2D eigenvalue weighted by Gasteiger charge is -2.14. The van der Waals surface area contributed by atoms with Gasteiger partial charge < -0.3 is 10.4 Å². The molecule has 0 aromatic heterocycles. The van der Waals surface area contributed by atoms with Crippen molar-refractivity contribution in [2.24, 2.45) is 5.41 Å². The van der Waals surface area contributed by atoms with Gasteiger partial charge in [0.25, 0.3) is 5.91 Å². The van der Waals surface area contributed by atoms with Crippen LogP contribution in [0.1, 0.15) is 35.2 Å². The third kappa shape index (κ3) is 3.07. The summed E-state index contributed by atoms with van der Waals surface area (Å²) in [6.45, 7) is 2.89. The molecule has 0 atom stereocenters. The lowest BCUT2D eigenvalue weighted by molar-refractivity contribution is 0.0941. The fourth-order valence-electron chi connectivity index (χ4n) is 2.00. The van der Waals surface area contributed by atoms with Crippen LogP contribution in [0, 0.1) is 12.3 Å². The summed E-state index contributed by atoms with van der Waals surface area (Å²) in [6, 6.07) is 7.57. The predicted molar refractivity (Wildman–Crippen MR) is 66.9 cm³/mol. The van der Waals surface area contributed by atoms with Crippen molar-refractivity contribution in [3.05, 3.63) is 35.4 Å². The van der Waals surface area contributed by atoms with Crippen molar-refractivity contribution >= 4 is 5.91 Å². The number of hydrogen-bond donors (Lipinski definition) is 2. The summed E-state index contributed by atoms with van der Waals surface area (Å²) in [5.41, 5.74) is 2.03. The fraction of sp³-hybridized carbons (Fsp3) is 0.500. The second-order valence-corrected chi connectivity index (χ2v) is 5.02. The quantitative estimate of drug-likeness (QED) is 0.816. The lowest BCUT2D eigenvalue weighted by Crippen LogP contribution is -2.30. The maximum atomic E-state index is 11.9. The van der Waals surface area contributed by atoms with Crippen LogP contribution in [-0.2, 0) is 0 Å². The Labute approximate surface area is 102 Å². The molecule has 1 aromatic carbocycles. The topological polar surface area (TPSA) is 49.3 Å². The number of amides is 1. The summed E-state index contributed by atoms with van der Waals surface area (Å²) in [7, 11) is 0. The van der Waals surface area contributed by atoms with E-state index in [9.17, 15) is 4.79 Å². The molecule has 92 valence electrons. The highest BCUT2D eigenvalue weighted by molar-refractivity contribution is 5.94. The summed E-state index contributed by atoms with van der Waals surface area (Å²) >= 11 is 0. The Kier molecular flexibility index (Phi) is 3.48. The Bertz CT molecular complexity index is 393. The zero-order valence-electron chi connectivity index (χ0n) is 10.2. The van der Waals surface area contributed by atoms with E-state index < -0.39 is 0 Å². The Hall–Kier alpha value is -1.35. The number of carbonyl (C=O) groups is 1. The molecule has 3 nitrogen and oxygen atoms in total. The van der Waals surface area contributed by atoms with Crippen LogP contribution in [0.5, 0.6) is 0 Å². The van der Waals surface area contributed by atoms with Crippen molar-refractivity contribution < 1.29 is 9.90 Å². The van der Waals surface area contributed by atoms with Crippen molar-refractivity contribution in [1.82, 2.24) is 5.32 Å². The van der Waals surface area contributed by atoms with Gasteiger partial charge in [0.1, 0.15) is 0 Å². The summed E-state index contributed by atoms with van der Waals surface area (Å²) in [4.78, 5) is 11.9. The van der Waals surface area contributed by atoms with Crippen molar-refractivity contribution in [3.63, 3.8) is 0 Å². The number of benzene rings is 1. The molecule has 1 amide bonds. The van der Waals surface area contributed by atoms with Gasteiger partial charge in [0.05, 0.1) is 0 Å². The van der Waals surface area contributed by atoms with Gasteiger partial charge >= 0.3 is 0 Å². The molecular weight excluding hydrogens is 214 g/mol. The van der Waals surface area contributed by atoms with Gasteiger partial charge in [-0.15, -0.1) is 0 Å². The van der Waals surface area contributed by atoms with E-state index in [1.165, 1.54) is 0 Å². The molecule has 2 rings (SSSR count). The van der Waals surface area contributed by atoms with Gasteiger partial charge in [-0.3, -0.25) is 4.79 Å². The molecule has 1 saturated carbocycles. The average Bonchev–Trinajstić information content (AvgIpc) is 3.08. The maximum Gasteiger partial charge on any atom is 0.251 e. The molecule has 0 spiro atoms. The molecule has 17 heavy (non-hydrogen) atoms. The van der Waals surface area contributed by atoms with Crippen LogP contribution in [0.25, 0.3) is 0 Å². The Morgan fingerprint density at radius 3 is 2.53 bits per heavy atom. The van der Waals surface area contributed by atoms with E-state index in [0.717, 1.165) is 24.8 Å². The molecule has 0 bridgehead atoms. The van der Waals surface area contributed by atoms with Gasteiger partial charge in [-0.25, -0.2) is 0 Å². The normalized spacial score (nSPS) is 16.6. The standard InChI is InChI=1S/C14H19NO2/c1-11-2-4-12(5-3-11)13(17)15-10-14(6-7-14)8-9-16/h2-5,16H,6-10H2,1H3,(H,15,17). The average molecular weight is 233 g/mol. The largest absolute Gasteiger partial charge is 0.396 e. The molecule has 1 fully saturated rings. The van der Waals surface area contributed by atoms with Gasteiger partial charge in [0.2, 0.25) is 0 Å². The van der Waals surface area contributed by atoms with Crippen molar-refractivity contribution in [2.75, 3.05) is 13.2 Å². The second kappa shape index (κ2) is 4.88. The van der Waals surface area contributed by atoms with E-state index in [-0.39, 0.29) is 17.9 Å². The number of aryl methyl sites for hydroxylation is 1. The first-order chi connectivity index (χ1) is 8.15. The number of carbonyl (C=O) groups excluding carboxylic acids is 1. The van der Waals surface area contributed by atoms with E-state index in [1.807, 2.05) is 31.2 Å². The third-order valence-electron chi connectivity index (χ3n) is 3.54. The summed E-state index contributed by atoms with van der Waals surface area (Å²) in [5, 5.41) is 11.9. The van der Waals surface area contributed by atoms with E-state index in [1.54, 1.807) is 0 Å². The van der Waals surface area contributed by atoms with Gasteiger partial charge in [0, 0.05) is 18.7 Å². The molecule has 1 aromatic rings. The van der Waals surface area contributed by atoms with Gasteiger partial charge in [-0.1, -0.05) is 17.7 Å². The van der Waals surface area contributed by atoms with Crippen LogP contribution < -0.4 is 5.32 Å². The van der Waals surface area contributed by atoms with E-state index in [0.29, 0.717) is 12.1 Å². The van der Waals surface area contributed by atoms with Crippen LogP contribution in [0.15, 0.2) is 24.3 Å².